The van der Waals surface area contributed by atoms with Gasteiger partial charge in [-0.15, -0.1) is 0 Å². The molecule has 176 valence electrons. The molecule has 1 N–H and O–H groups in total. The number of benzene rings is 1. The molecular formula is C26H28FN5O2. The molecule has 1 fully saturated rings. The highest BCUT2D eigenvalue weighted by Gasteiger charge is 2.30. The second-order valence-corrected chi connectivity index (χ2v) is 9.65. The Morgan fingerprint density at radius 2 is 1.82 bits per heavy atom. The number of halogens is 1. The van der Waals surface area contributed by atoms with Gasteiger partial charge >= 0.3 is 6.09 Å². The lowest BCUT2D eigenvalue weighted by molar-refractivity contribution is 0.0189. The number of fused-ring (bicyclic) bond motifs is 1. The molecule has 1 amide bonds. The summed E-state index contributed by atoms with van der Waals surface area (Å²) in [5.74, 6) is -0.281. The summed E-state index contributed by atoms with van der Waals surface area (Å²) >= 11 is 0. The van der Waals surface area contributed by atoms with Crippen molar-refractivity contribution in [2.75, 3.05) is 13.1 Å². The molecule has 0 unspecified atom stereocenters. The fourth-order valence-corrected chi connectivity index (χ4v) is 4.54. The molecule has 1 aromatic carbocycles. The largest absolute Gasteiger partial charge is 0.444 e. The minimum Gasteiger partial charge on any atom is -0.444 e. The number of piperidine rings is 1. The Labute approximate surface area is 197 Å². The van der Waals surface area contributed by atoms with E-state index < -0.39 is 5.60 Å². The lowest BCUT2D eigenvalue weighted by Gasteiger charge is -2.34. The van der Waals surface area contributed by atoms with Crippen LogP contribution < -0.4 is 0 Å². The van der Waals surface area contributed by atoms with Crippen LogP contribution in [0.4, 0.5) is 9.18 Å². The van der Waals surface area contributed by atoms with Gasteiger partial charge in [0.05, 0.1) is 17.7 Å². The van der Waals surface area contributed by atoms with E-state index in [4.69, 9.17) is 9.72 Å². The number of hydrogen-bond donors (Lipinski definition) is 1. The SMILES string of the molecule is CC(C)(C)OC(=O)N1CCC(n2cnc(-c3ccc(F)cc3)c2-c2ccnc3[nH]ccc23)CC1. The molecule has 3 aromatic heterocycles. The number of nitrogens with one attached hydrogen (secondary N) is 1. The zero-order chi connectivity index (χ0) is 23.9. The number of rotatable bonds is 3. The first-order chi connectivity index (χ1) is 16.3. The molecule has 5 rings (SSSR count). The summed E-state index contributed by atoms with van der Waals surface area (Å²) in [7, 11) is 0. The number of nitrogens with zero attached hydrogens (tertiary/aromatic N) is 4. The van der Waals surface area contributed by atoms with Crippen LogP contribution in [0.2, 0.25) is 0 Å². The van der Waals surface area contributed by atoms with Crippen molar-refractivity contribution in [1.29, 1.82) is 0 Å². The van der Waals surface area contributed by atoms with E-state index in [1.165, 1.54) is 12.1 Å². The standard InChI is InChI=1S/C26H28FN5O2/c1-26(2,3)34-25(33)31-14-10-19(11-15-31)32-16-30-22(17-4-6-18(27)7-5-17)23(32)20-8-12-28-24-21(20)9-13-29-24/h4-9,12-13,16,19H,10-11,14-15H2,1-3H3,(H,28,29). The van der Waals surface area contributed by atoms with Crippen molar-refractivity contribution >= 4 is 17.1 Å². The number of amides is 1. The number of hydrogen-bond acceptors (Lipinski definition) is 4. The Morgan fingerprint density at radius 3 is 2.53 bits per heavy atom. The minimum absolute atomic E-state index is 0.164. The first-order valence-electron chi connectivity index (χ1n) is 11.5. The Bertz CT molecular complexity index is 1310. The number of pyridine rings is 1. The van der Waals surface area contributed by atoms with Crippen LogP contribution in [0.3, 0.4) is 0 Å². The highest BCUT2D eigenvalue weighted by atomic mass is 19.1. The Balaban J connectivity index is 1.51. The first kappa shape index (κ1) is 22.1. The maximum Gasteiger partial charge on any atom is 0.410 e. The lowest BCUT2D eigenvalue weighted by Crippen LogP contribution is -2.42. The number of aromatic amines is 1. The fraction of sp³-hybridized carbons (Fsp3) is 0.346. The van der Waals surface area contributed by atoms with E-state index in [9.17, 15) is 9.18 Å². The number of imidazole rings is 1. The minimum atomic E-state index is -0.515. The molecule has 34 heavy (non-hydrogen) atoms. The molecule has 7 nitrogen and oxygen atoms in total. The maximum absolute atomic E-state index is 13.6. The van der Waals surface area contributed by atoms with Crippen molar-refractivity contribution in [2.45, 2.75) is 45.3 Å². The van der Waals surface area contributed by atoms with Crippen LogP contribution >= 0.6 is 0 Å². The van der Waals surface area contributed by atoms with E-state index in [1.54, 1.807) is 23.2 Å². The number of likely N-dealkylation sites (tertiary alicyclic amines) is 1. The smallest absolute Gasteiger partial charge is 0.410 e. The normalized spacial score (nSPS) is 15.1. The summed E-state index contributed by atoms with van der Waals surface area (Å²) < 4.78 is 21.4. The van der Waals surface area contributed by atoms with Gasteiger partial charge in [-0.3, -0.25) is 0 Å². The molecule has 0 bridgehead atoms. The van der Waals surface area contributed by atoms with E-state index in [2.05, 4.69) is 14.5 Å². The van der Waals surface area contributed by atoms with Gasteiger partial charge in [-0.1, -0.05) is 0 Å². The highest BCUT2D eigenvalue weighted by Crippen LogP contribution is 2.38. The number of aromatic nitrogens is 4. The molecule has 1 saturated heterocycles. The van der Waals surface area contributed by atoms with E-state index in [1.807, 2.05) is 45.4 Å². The quantitative estimate of drug-likeness (QED) is 0.418. The summed E-state index contributed by atoms with van der Waals surface area (Å²) in [6.07, 6.45) is 6.82. The van der Waals surface area contributed by atoms with Gasteiger partial charge in [0.15, 0.2) is 0 Å². The molecule has 0 atom stereocenters. The fourth-order valence-electron chi connectivity index (χ4n) is 4.54. The predicted octanol–water partition coefficient (Wildman–Crippen LogP) is 5.80. The molecule has 0 radical (unpaired) electrons. The highest BCUT2D eigenvalue weighted by molar-refractivity contribution is 5.95. The molecule has 4 heterocycles. The monoisotopic (exact) mass is 461 g/mol. The molecule has 0 aliphatic carbocycles. The zero-order valence-corrected chi connectivity index (χ0v) is 19.6. The van der Waals surface area contributed by atoms with Crippen molar-refractivity contribution in [3.8, 4) is 22.5 Å². The van der Waals surface area contributed by atoms with Gasteiger partial charge < -0.3 is 19.2 Å². The van der Waals surface area contributed by atoms with Crippen LogP contribution in [-0.2, 0) is 4.74 Å². The topological polar surface area (TPSA) is 76.0 Å². The summed E-state index contributed by atoms with van der Waals surface area (Å²) in [5.41, 5.74) is 3.91. The van der Waals surface area contributed by atoms with Crippen LogP contribution in [0.25, 0.3) is 33.5 Å². The number of carbonyl (C=O) groups is 1. The van der Waals surface area contributed by atoms with Gasteiger partial charge in [-0.25, -0.2) is 19.2 Å². The Morgan fingerprint density at radius 1 is 1.09 bits per heavy atom. The molecule has 1 aliphatic heterocycles. The Kier molecular flexibility index (Phi) is 5.59. The molecular weight excluding hydrogens is 433 g/mol. The first-order valence-corrected chi connectivity index (χ1v) is 11.5. The van der Waals surface area contributed by atoms with Gasteiger partial charge in [0.2, 0.25) is 0 Å². The Hall–Kier alpha value is -3.68. The summed E-state index contributed by atoms with van der Waals surface area (Å²) in [6, 6.07) is 10.6. The number of H-pyrrole nitrogens is 1. The second-order valence-electron chi connectivity index (χ2n) is 9.65. The van der Waals surface area contributed by atoms with Crippen molar-refractivity contribution in [3.63, 3.8) is 0 Å². The van der Waals surface area contributed by atoms with Gasteiger partial charge in [0.25, 0.3) is 0 Å². The number of carbonyl (C=O) groups excluding carboxylic acids is 1. The predicted molar refractivity (Wildman–Crippen MR) is 129 cm³/mol. The van der Waals surface area contributed by atoms with Crippen LogP contribution in [0, 0.1) is 5.82 Å². The molecule has 0 saturated carbocycles. The third kappa shape index (κ3) is 4.27. The maximum atomic E-state index is 13.6. The third-order valence-corrected chi connectivity index (χ3v) is 6.14. The zero-order valence-electron chi connectivity index (χ0n) is 19.6. The van der Waals surface area contributed by atoms with Crippen molar-refractivity contribution in [3.05, 3.63) is 60.9 Å². The number of ether oxygens (including phenoxy) is 1. The van der Waals surface area contributed by atoms with E-state index >= 15 is 0 Å². The summed E-state index contributed by atoms with van der Waals surface area (Å²) in [4.78, 5) is 26.7. The lowest BCUT2D eigenvalue weighted by atomic mass is 10.00. The second kappa shape index (κ2) is 8.59. The van der Waals surface area contributed by atoms with Crippen LogP contribution in [0.5, 0.6) is 0 Å². The van der Waals surface area contributed by atoms with E-state index in [0.717, 1.165) is 46.4 Å². The van der Waals surface area contributed by atoms with Crippen molar-refractivity contribution < 1.29 is 13.9 Å². The van der Waals surface area contributed by atoms with Crippen molar-refractivity contribution in [1.82, 2.24) is 24.4 Å². The van der Waals surface area contributed by atoms with Crippen molar-refractivity contribution in [2.24, 2.45) is 0 Å². The van der Waals surface area contributed by atoms with Gasteiger partial charge in [-0.05, 0) is 70.0 Å². The summed E-state index contributed by atoms with van der Waals surface area (Å²) in [6.45, 7) is 6.85. The molecule has 1 aliphatic rings. The van der Waals surface area contributed by atoms with Gasteiger partial charge in [-0.2, -0.15) is 0 Å². The van der Waals surface area contributed by atoms with E-state index in [-0.39, 0.29) is 18.0 Å². The van der Waals surface area contributed by atoms with Crippen LogP contribution in [-0.4, -0.2) is 49.2 Å². The summed E-state index contributed by atoms with van der Waals surface area (Å²) in [5, 5.41) is 0.999. The van der Waals surface area contributed by atoms with Gasteiger partial charge in [0, 0.05) is 48.0 Å². The molecule has 4 aromatic rings. The van der Waals surface area contributed by atoms with Crippen LogP contribution in [0.1, 0.15) is 39.7 Å². The van der Waals surface area contributed by atoms with Gasteiger partial charge in [0.1, 0.15) is 17.1 Å². The third-order valence-electron chi connectivity index (χ3n) is 6.14. The van der Waals surface area contributed by atoms with E-state index in [0.29, 0.717) is 13.1 Å². The molecule has 0 spiro atoms. The van der Waals surface area contributed by atoms with Crippen LogP contribution in [0.15, 0.2) is 55.1 Å². The average molecular weight is 462 g/mol. The average Bonchev–Trinajstić information content (AvgIpc) is 3.46. The molecule has 8 heteroatoms.